The van der Waals surface area contributed by atoms with Crippen LogP contribution in [0.3, 0.4) is 0 Å². The van der Waals surface area contributed by atoms with E-state index in [1.54, 1.807) is 5.38 Å². The van der Waals surface area contributed by atoms with E-state index in [0.29, 0.717) is 17.4 Å². The number of nitrogens with zero attached hydrogens (tertiary/aromatic N) is 1. The predicted molar refractivity (Wildman–Crippen MR) is 85.0 cm³/mol. The molecule has 0 unspecified atom stereocenters. The van der Waals surface area contributed by atoms with Crippen molar-refractivity contribution >= 4 is 22.4 Å². The molecule has 0 aliphatic rings. The fourth-order valence-electron chi connectivity index (χ4n) is 1.83. The number of hydrogen-bond donors (Lipinski definition) is 1. The van der Waals surface area contributed by atoms with E-state index in [1.807, 2.05) is 24.3 Å². The van der Waals surface area contributed by atoms with Gasteiger partial charge in [0.1, 0.15) is 5.75 Å². The predicted octanol–water partition coefficient (Wildman–Crippen LogP) is 2.23. The number of carboxylic acid groups (broad SMARTS) is 1. The number of nitrogens with one attached hydrogen (secondary N) is 1. The Morgan fingerprint density at radius 2 is 2.14 bits per heavy atom. The van der Waals surface area contributed by atoms with Crippen molar-refractivity contribution in [2.24, 2.45) is 0 Å². The van der Waals surface area contributed by atoms with Crippen molar-refractivity contribution in [3.8, 4) is 5.75 Å². The molecular weight excluding hydrogens is 300 g/mol. The van der Waals surface area contributed by atoms with Gasteiger partial charge in [0, 0.05) is 24.3 Å². The Balaban J connectivity index is 1.81. The van der Waals surface area contributed by atoms with Crippen LogP contribution < -0.4 is 15.2 Å². The molecule has 118 valence electrons. The Morgan fingerprint density at radius 1 is 1.36 bits per heavy atom. The Kier molecular flexibility index (Phi) is 6.21. The number of rotatable bonds is 9. The lowest BCUT2D eigenvalue weighted by Crippen LogP contribution is -2.24. The first-order valence-corrected chi connectivity index (χ1v) is 8.15. The fourth-order valence-corrected chi connectivity index (χ4v) is 2.54. The highest BCUT2D eigenvalue weighted by Crippen LogP contribution is 2.18. The quantitative estimate of drug-likeness (QED) is 0.717. The SMILES string of the molecule is CCCCOc1ccc(CNc2nc(CC(=O)[O-])cs2)cc1. The van der Waals surface area contributed by atoms with Crippen LogP contribution in [0.4, 0.5) is 5.13 Å². The van der Waals surface area contributed by atoms with Gasteiger partial charge < -0.3 is 20.0 Å². The molecule has 2 rings (SSSR count). The summed E-state index contributed by atoms with van der Waals surface area (Å²) in [6.07, 6.45) is 2.03. The number of aliphatic carboxylic acids is 1. The summed E-state index contributed by atoms with van der Waals surface area (Å²) in [6.45, 7) is 3.51. The zero-order valence-electron chi connectivity index (χ0n) is 12.5. The van der Waals surface area contributed by atoms with E-state index in [4.69, 9.17) is 4.74 Å². The van der Waals surface area contributed by atoms with Gasteiger partial charge in [-0.3, -0.25) is 0 Å². The number of thiazole rings is 1. The smallest absolute Gasteiger partial charge is 0.183 e. The topological polar surface area (TPSA) is 74.3 Å². The summed E-state index contributed by atoms with van der Waals surface area (Å²) in [5.74, 6) is -0.238. The minimum absolute atomic E-state index is 0.151. The second kappa shape index (κ2) is 8.38. The zero-order valence-corrected chi connectivity index (χ0v) is 13.3. The van der Waals surface area contributed by atoms with Crippen LogP contribution in [-0.2, 0) is 17.8 Å². The average Bonchev–Trinajstić information content (AvgIpc) is 2.93. The molecule has 1 aromatic carbocycles. The molecule has 1 aromatic heterocycles. The zero-order chi connectivity index (χ0) is 15.8. The van der Waals surface area contributed by atoms with Crippen LogP contribution in [-0.4, -0.2) is 17.6 Å². The molecule has 1 N–H and O–H groups in total. The summed E-state index contributed by atoms with van der Waals surface area (Å²) in [7, 11) is 0. The second-order valence-electron chi connectivity index (χ2n) is 4.89. The Morgan fingerprint density at radius 3 is 2.82 bits per heavy atom. The van der Waals surface area contributed by atoms with Gasteiger partial charge in [0.05, 0.1) is 12.3 Å². The van der Waals surface area contributed by atoms with Crippen molar-refractivity contribution in [3.05, 3.63) is 40.9 Å². The second-order valence-corrected chi connectivity index (χ2v) is 5.75. The minimum Gasteiger partial charge on any atom is -0.550 e. The van der Waals surface area contributed by atoms with Gasteiger partial charge in [-0.1, -0.05) is 25.5 Å². The molecule has 0 saturated heterocycles. The maximum atomic E-state index is 10.5. The Bertz CT molecular complexity index is 596. The van der Waals surface area contributed by atoms with Crippen molar-refractivity contribution in [2.75, 3.05) is 11.9 Å². The summed E-state index contributed by atoms with van der Waals surface area (Å²) in [5, 5.41) is 16.1. The first kappa shape index (κ1) is 16.3. The van der Waals surface area contributed by atoms with Crippen LogP contribution >= 0.6 is 11.3 Å². The third-order valence-corrected chi connectivity index (χ3v) is 3.86. The standard InChI is InChI=1S/C16H20N2O3S/c1-2-3-8-21-14-6-4-12(5-7-14)10-17-16-18-13(11-22-16)9-15(19)20/h4-7,11H,2-3,8-10H2,1H3,(H,17,18)(H,19,20)/p-1. The Hall–Kier alpha value is -2.08. The molecule has 0 aliphatic heterocycles. The highest BCUT2D eigenvalue weighted by atomic mass is 32.1. The molecule has 0 aliphatic carbocycles. The number of carbonyl (C=O) groups is 1. The van der Waals surface area contributed by atoms with Crippen LogP contribution in [0.15, 0.2) is 29.6 Å². The summed E-state index contributed by atoms with van der Waals surface area (Å²) in [4.78, 5) is 14.7. The fraction of sp³-hybridized carbons (Fsp3) is 0.375. The van der Waals surface area contributed by atoms with E-state index in [2.05, 4.69) is 17.2 Å². The molecule has 0 bridgehead atoms. The highest BCUT2D eigenvalue weighted by Gasteiger charge is 2.02. The molecule has 0 saturated carbocycles. The van der Waals surface area contributed by atoms with Crippen LogP contribution in [0, 0.1) is 0 Å². The molecule has 0 amide bonds. The number of unbranched alkanes of at least 4 members (excludes halogenated alkanes) is 1. The van der Waals surface area contributed by atoms with Crippen LogP contribution in [0.5, 0.6) is 5.75 Å². The normalized spacial score (nSPS) is 10.4. The maximum absolute atomic E-state index is 10.5. The number of ether oxygens (including phenoxy) is 1. The monoisotopic (exact) mass is 319 g/mol. The molecular formula is C16H19N2O3S-. The molecule has 2 aromatic rings. The van der Waals surface area contributed by atoms with Crippen molar-refractivity contribution in [1.82, 2.24) is 4.98 Å². The van der Waals surface area contributed by atoms with Gasteiger partial charge in [-0.05, 0) is 24.1 Å². The van der Waals surface area contributed by atoms with Gasteiger partial charge in [0.25, 0.3) is 0 Å². The molecule has 6 heteroatoms. The average molecular weight is 319 g/mol. The number of carboxylic acids is 1. The van der Waals surface area contributed by atoms with E-state index in [-0.39, 0.29) is 6.42 Å². The lowest BCUT2D eigenvalue weighted by Gasteiger charge is -2.07. The van der Waals surface area contributed by atoms with Gasteiger partial charge in [0.15, 0.2) is 5.13 Å². The van der Waals surface area contributed by atoms with Crippen LogP contribution in [0.1, 0.15) is 31.0 Å². The van der Waals surface area contributed by atoms with Crippen molar-refractivity contribution in [2.45, 2.75) is 32.7 Å². The largest absolute Gasteiger partial charge is 0.550 e. The summed E-state index contributed by atoms with van der Waals surface area (Å²) in [6, 6.07) is 7.92. The molecule has 0 fully saturated rings. The lowest BCUT2D eigenvalue weighted by molar-refractivity contribution is -0.304. The first-order chi connectivity index (χ1) is 10.7. The summed E-state index contributed by atoms with van der Waals surface area (Å²) < 4.78 is 5.61. The van der Waals surface area contributed by atoms with E-state index >= 15 is 0 Å². The minimum atomic E-state index is -1.12. The van der Waals surface area contributed by atoms with Crippen LogP contribution in [0.2, 0.25) is 0 Å². The lowest BCUT2D eigenvalue weighted by atomic mass is 10.2. The van der Waals surface area contributed by atoms with Gasteiger partial charge in [-0.15, -0.1) is 11.3 Å². The van der Waals surface area contributed by atoms with E-state index < -0.39 is 5.97 Å². The third kappa shape index (κ3) is 5.37. The van der Waals surface area contributed by atoms with Crippen molar-refractivity contribution in [1.29, 1.82) is 0 Å². The Labute approximate surface area is 134 Å². The molecule has 0 atom stereocenters. The molecule has 22 heavy (non-hydrogen) atoms. The van der Waals surface area contributed by atoms with E-state index in [1.165, 1.54) is 11.3 Å². The molecule has 0 spiro atoms. The van der Waals surface area contributed by atoms with Gasteiger partial charge in [0.2, 0.25) is 0 Å². The highest BCUT2D eigenvalue weighted by molar-refractivity contribution is 7.13. The van der Waals surface area contributed by atoms with Crippen molar-refractivity contribution in [3.63, 3.8) is 0 Å². The molecule has 5 nitrogen and oxygen atoms in total. The van der Waals surface area contributed by atoms with Gasteiger partial charge >= 0.3 is 0 Å². The number of hydrogen-bond acceptors (Lipinski definition) is 6. The van der Waals surface area contributed by atoms with Crippen molar-refractivity contribution < 1.29 is 14.6 Å². The van der Waals surface area contributed by atoms with E-state index in [0.717, 1.165) is 30.8 Å². The summed E-state index contributed by atoms with van der Waals surface area (Å²) >= 11 is 1.39. The first-order valence-electron chi connectivity index (χ1n) is 7.27. The van der Waals surface area contributed by atoms with Gasteiger partial charge in [-0.25, -0.2) is 4.98 Å². The number of benzene rings is 1. The number of carbonyl (C=O) groups excluding carboxylic acids is 1. The van der Waals surface area contributed by atoms with Crippen LogP contribution in [0.25, 0.3) is 0 Å². The summed E-state index contributed by atoms with van der Waals surface area (Å²) in [5.41, 5.74) is 1.63. The number of aromatic nitrogens is 1. The molecule has 0 radical (unpaired) electrons. The third-order valence-electron chi connectivity index (χ3n) is 3.01. The van der Waals surface area contributed by atoms with E-state index in [9.17, 15) is 9.90 Å². The molecule has 1 heterocycles. The maximum Gasteiger partial charge on any atom is 0.183 e. The van der Waals surface area contributed by atoms with Gasteiger partial charge in [-0.2, -0.15) is 0 Å². The number of anilines is 1.